The highest BCUT2D eigenvalue weighted by atomic mass is 79.9. The minimum atomic E-state index is -0.415. The van der Waals surface area contributed by atoms with Crippen molar-refractivity contribution in [3.8, 4) is 0 Å². The molecule has 2 N–H and O–H groups in total. The molecule has 0 aliphatic heterocycles. The van der Waals surface area contributed by atoms with Crippen molar-refractivity contribution in [1.29, 1.82) is 0 Å². The Morgan fingerprint density at radius 2 is 1.88 bits per heavy atom. The number of allylic oxidation sites excluding steroid dienone is 1. The Labute approximate surface area is 216 Å². The highest BCUT2D eigenvalue weighted by molar-refractivity contribution is 9.10. The molecule has 0 radical (unpaired) electrons. The van der Waals surface area contributed by atoms with Crippen molar-refractivity contribution in [3.05, 3.63) is 82.1 Å². The van der Waals surface area contributed by atoms with Gasteiger partial charge in [0, 0.05) is 16.7 Å². The lowest BCUT2D eigenvalue weighted by molar-refractivity contribution is -0.113. The molecule has 0 spiro atoms. The number of halogens is 2. The Bertz CT molecular complexity index is 1170. The molecule has 0 saturated carbocycles. The van der Waals surface area contributed by atoms with E-state index in [1.807, 2.05) is 42.7 Å². The highest BCUT2D eigenvalue weighted by Crippen LogP contribution is 2.26. The van der Waals surface area contributed by atoms with Gasteiger partial charge in [-0.05, 0) is 42.3 Å². The molecule has 0 fully saturated rings. The maximum atomic E-state index is 12.9. The summed E-state index contributed by atoms with van der Waals surface area (Å²) >= 11 is 10.8. The van der Waals surface area contributed by atoms with E-state index in [1.165, 1.54) is 11.8 Å². The standard InChI is InChI=1S/C24H25BrClN5O2S/c1-4-13-31-22(21(15(2)3)28-23(33)18-7-5-6-8-19(18)26)29-30-24(31)34-14-20(32)27-17-11-9-16(25)10-12-17/h4-12,15,21H,1,13-14H2,2-3H3,(H,27,32)(H,28,33)/t21-/m0/s1. The van der Waals surface area contributed by atoms with E-state index in [0.29, 0.717) is 33.8 Å². The van der Waals surface area contributed by atoms with E-state index in [-0.39, 0.29) is 23.5 Å². The number of hydrogen-bond donors (Lipinski definition) is 2. The zero-order valence-corrected chi connectivity index (χ0v) is 22.0. The molecule has 2 amide bonds. The third-order valence-electron chi connectivity index (χ3n) is 4.87. The van der Waals surface area contributed by atoms with Crippen molar-refractivity contribution in [1.82, 2.24) is 20.1 Å². The first-order chi connectivity index (χ1) is 16.3. The Morgan fingerprint density at radius 1 is 1.18 bits per heavy atom. The maximum Gasteiger partial charge on any atom is 0.253 e. The van der Waals surface area contributed by atoms with E-state index < -0.39 is 6.04 Å². The summed E-state index contributed by atoms with van der Waals surface area (Å²) in [4.78, 5) is 25.3. The minimum absolute atomic E-state index is 0.0257. The van der Waals surface area contributed by atoms with Crippen molar-refractivity contribution in [2.75, 3.05) is 11.1 Å². The van der Waals surface area contributed by atoms with Crippen molar-refractivity contribution in [3.63, 3.8) is 0 Å². The van der Waals surface area contributed by atoms with E-state index in [9.17, 15) is 9.59 Å². The van der Waals surface area contributed by atoms with Crippen LogP contribution in [0.3, 0.4) is 0 Å². The van der Waals surface area contributed by atoms with Gasteiger partial charge in [0.1, 0.15) is 0 Å². The van der Waals surface area contributed by atoms with Crippen LogP contribution in [-0.4, -0.2) is 32.3 Å². The van der Waals surface area contributed by atoms with Crippen molar-refractivity contribution >= 4 is 56.8 Å². The van der Waals surface area contributed by atoms with Gasteiger partial charge in [0.05, 0.1) is 22.4 Å². The van der Waals surface area contributed by atoms with Crippen molar-refractivity contribution in [2.24, 2.45) is 5.92 Å². The van der Waals surface area contributed by atoms with Crippen LogP contribution in [0.4, 0.5) is 5.69 Å². The fourth-order valence-corrected chi connectivity index (χ4v) is 4.43. The lowest BCUT2D eigenvalue weighted by atomic mass is 10.0. The molecular weight excluding hydrogens is 538 g/mol. The summed E-state index contributed by atoms with van der Waals surface area (Å²) in [6.07, 6.45) is 1.73. The number of anilines is 1. The molecular formula is C24H25BrClN5O2S. The number of nitrogens with zero attached hydrogens (tertiary/aromatic N) is 3. The second-order valence-corrected chi connectivity index (χ2v) is 10.0. The lowest BCUT2D eigenvalue weighted by Gasteiger charge is -2.23. The first kappa shape index (κ1) is 26.0. The predicted octanol–water partition coefficient (Wildman–Crippen LogP) is 5.74. The van der Waals surface area contributed by atoms with Gasteiger partial charge in [-0.1, -0.05) is 71.3 Å². The zero-order valence-electron chi connectivity index (χ0n) is 18.8. The summed E-state index contributed by atoms with van der Waals surface area (Å²) in [6, 6.07) is 13.8. The smallest absolute Gasteiger partial charge is 0.253 e. The molecule has 10 heteroatoms. The molecule has 3 rings (SSSR count). The fraction of sp³-hybridized carbons (Fsp3) is 0.250. The normalized spacial score (nSPS) is 11.8. The van der Waals surface area contributed by atoms with Crippen molar-refractivity contribution < 1.29 is 9.59 Å². The van der Waals surface area contributed by atoms with Crippen molar-refractivity contribution in [2.45, 2.75) is 31.6 Å². The van der Waals surface area contributed by atoms with Crippen LogP contribution in [0.15, 0.2) is 70.8 Å². The van der Waals surface area contributed by atoms with Gasteiger partial charge < -0.3 is 15.2 Å². The number of carbonyl (C=O) groups is 2. The van der Waals surface area contributed by atoms with Crippen LogP contribution in [0.25, 0.3) is 0 Å². The first-order valence-electron chi connectivity index (χ1n) is 10.6. The summed E-state index contributed by atoms with van der Waals surface area (Å²) in [5, 5.41) is 15.5. The van der Waals surface area contributed by atoms with Crippen LogP contribution in [-0.2, 0) is 11.3 Å². The fourth-order valence-electron chi connectivity index (χ4n) is 3.19. The molecule has 0 saturated heterocycles. The van der Waals surface area contributed by atoms with Gasteiger partial charge in [-0.2, -0.15) is 0 Å². The van der Waals surface area contributed by atoms with Gasteiger partial charge in [-0.25, -0.2) is 0 Å². The van der Waals surface area contributed by atoms with E-state index in [1.54, 1.807) is 30.3 Å². The summed E-state index contributed by atoms with van der Waals surface area (Å²) in [7, 11) is 0. The van der Waals surface area contributed by atoms with Crippen LogP contribution in [0.2, 0.25) is 5.02 Å². The number of carbonyl (C=O) groups excluding carboxylic acids is 2. The summed E-state index contributed by atoms with van der Waals surface area (Å²) in [5.74, 6) is 0.322. The van der Waals surface area contributed by atoms with E-state index in [4.69, 9.17) is 11.6 Å². The average Bonchev–Trinajstić information content (AvgIpc) is 3.20. The Morgan fingerprint density at radius 3 is 2.53 bits per heavy atom. The van der Waals surface area contributed by atoms with Crippen LogP contribution >= 0.6 is 39.3 Å². The number of hydrogen-bond acceptors (Lipinski definition) is 5. The van der Waals surface area contributed by atoms with Crippen LogP contribution < -0.4 is 10.6 Å². The summed E-state index contributed by atoms with van der Waals surface area (Å²) in [6.45, 7) is 8.24. The van der Waals surface area contributed by atoms with E-state index >= 15 is 0 Å². The molecule has 3 aromatic rings. The van der Waals surface area contributed by atoms with Crippen LogP contribution in [0, 0.1) is 5.92 Å². The minimum Gasteiger partial charge on any atom is -0.342 e. The molecule has 2 aromatic carbocycles. The molecule has 1 atom stereocenters. The Kier molecular flexibility index (Phi) is 9.32. The molecule has 7 nitrogen and oxygen atoms in total. The molecule has 0 aliphatic carbocycles. The third kappa shape index (κ3) is 6.71. The molecule has 1 aromatic heterocycles. The maximum absolute atomic E-state index is 12.9. The molecule has 0 aliphatic rings. The molecule has 34 heavy (non-hydrogen) atoms. The molecule has 0 unspecified atom stereocenters. The summed E-state index contributed by atoms with van der Waals surface area (Å²) < 4.78 is 2.80. The first-order valence-corrected chi connectivity index (χ1v) is 12.7. The number of rotatable bonds is 10. The number of benzene rings is 2. The Balaban J connectivity index is 1.75. The predicted molar refractivity (Wildman–Crippen MR) is 140 cm³/mol. The largest absolute Gasteiger partial charge is 0.342 e. The summed E-state index contributed by atoms with van der Waals surface area (Å²) in [5.41, 5.74) is 1.10. The second-order valence-electron chi connectivity index (χ2n) is 7.76. The lowest BCUT2D eigenvalue weighted by Crippen LogP contribution is -2.34. The number of thioether (sulfide) groups is 1. The zero-order chi connectivity index (χ0) is 24.7. The monoisotopic (exact) mass is 561 g/mol. The number of amides is 2. The molecule has 178 valence electrons. The third-order valence-corrected chi connectivity index (χ3v) is 6.69. The molecule has 1 heterocycles. The Hall–Kier alpha value is -2.62. The van der Waals surface area contributed by atoms with E-state index in [2.05, 4.69) is 43.3 Å². The highest BCUT2D eigenvalue weighted by Gasteiger charge is 2.27. The van der Waals surface area contributed by atoms with Crippen LogP contribution in [0.1, 0.15) is 36.1 Å². The van der Waals surface area contributed by atoms with Gasteiger partial charge in [0.2, 0.25) is 5.91 Å². The SMILES string of the molecule is C=CCn1c(SCC(=O)Nc2ccc(Br)cc2)nnc1[C@@H](NC(=O)c1ccccc1Cl)C(C)C. The van der Waals surface area contributed by atoms with E-state index in [0.717, 1.165) is 4.47 Å². The van der Waals surface area contributed by atoms with Gasteiger partial charge in [0.15, 0.2) is 11.0 Å². The average molecular weight is 563 g/mol. The van der Waals surface area contributed by atoms with Crippen LogP contribution in [0.5, 0.6) is 0 Å². The topological polar surface area (TPSA) is 88.9 Å². The van der Waals surface area contributed by atoms with Gasteiger partial charge in [0.25, 0.3) is 5.91 Å². The van der Waals surface area contributed by atoms with Gasteiger partial charge >= 0.3 is 0 Å². The quantitative estimate of drug-likeness (QED) is 0.243. The van der Waals surface area contributed by atoms with Gasteiger partial charge in [-0.15, -0.1) is 16.8 Å². The number of aromatic nitrogens is 3. The second kappa shape index (κ2) is 12.2. The number of nitrogens with one attached hydrogen (secondary N) is 2. The molecule has 0 bridgehead atoms. The van der Waals surface area contributed by atoms with Gasteiger partial charge in [-0.3, -0.25) is 9.59 Å².